The molecule has 0 bridgehead atoms. The fourth-order valence-corrected chi connectivity index (χ4v) is 3.29. The molecule has 3 rings (SSSR count). The van der Waals surface area contributed by atoms with Crippen molar-refractivity contribution in [3.63, 3.8) is 0 Å². The molecule has 1 N–H and O–H groups in total. The van der Waals surface area contributed by atoms with Crippen LogP contribution in [0.4, 0.5) is 0 Å². The summed E-state index contributed by atoms with van der Waals surface area (Å²) in [5.41, 5.74) is 2.72. The number of fused-ring (bicyclic) bond motifs is 1. The van der Waals surface area contributed by atoms with Gasteiger partial charge in [-0.05, 0) is 49.9 Å². The highest BCUT2D eigenvalue weighted by atomic mass is 32.2. The van der Waals surface area contributed by atoms with Gasteiger partial charge in [-0.2, -0.15) is 0 Å². The number of aromatic carboxylic acids is 1. The summed E-state index contributed by atoms with van der Waals surface area (Å²) in [4.78, 5) is 20.6. The normalized spacial score (nSPS) is 13.8. The van der Waals surface area contributed by atoms with Gasteiger partial charge < -0.3 is 5.11 Å². The minimum atomic E-state index is -0.902. The van der Waals surface area contributed by atoms with E-state index in [2.05, 4.69) is 9.97 Å². The van der Waals surface area contributed by atoms with E-state index in [4.69, 9.17) is 5.11 Å². The molecule has 102 valence electrons. The second-order valence-electron chi connectivity index (χ2n) is 4.74. The summed E-state index contributed by atoms with van der Waals surface area (Å²) < 4.78 is 0. The highest BCUT2D eigenvalue weighted by Crippen LogP contribution is 2.32. The van der Waals surface area contributed by atoms with E-state index < -0.39 is 5.97 Å². The number of benzene rings is 1. The topological polar surface area (TPSA) is 63.1 Å². The van der Waals surface area contributed by atoms with Gasteiger partial charge in [-0.25, -0.2) is 14.8 Å². The molecule has 1 aromatic carbocycles. The number of aryl methyl sites for hydroxylation is 1. The molecule has 1 heterocycles. The van der Waals surface area contributed by atoms with Crippen molar-refractivity contribution in [1.82, 2.24) is 9.97 Å². The second kappa shape index (κ2) is 5.63. The molecule has 0 radical (unpaired) electrons. The number of hydrogen-bond donors (Lipinski definition) is 1. The minimum Gasteiger partial charge on any atom is -0.478 e. The quantitative estimate of drug-likeness (QED) is 0.878. The van der Waals surface area contributed by atoms with Gasteiger partial charge in [-0.1, -0.05) is 11.8 Å². The van der Waals surface area contributed by atoms with Gasteiger partial charge in [0.25, 0.3) is 0 Å². The molecule has 1 aliphatic rings. The van der Waals surface area contributed by atoms with Crippen LogP contribution < -0.4 is 0 Å². The molecule has 0 atom stereocenters. The third kappa shape index (κ3) is 2.67. The van der Waals surface area contributed by atoms with E-state index in [1.807, 2.05) is 12.1 Å². The Hall–Kier alpha value is -1.88. The summed E-state index contributed by atoms with van der Waals surface area (Å²) >= 11 is 1.58. The molecule has 5 heteroatoms. The largest absolute Gasteiger partial charge is 0.478 e. The fourth-order valence-electron chi connectivity index (χ4n) is 2.36. The summed E-state index contributed by atoms with van der Waals surface area (Å²) in [6.45, 7) is 0. The minimum absolute atomic E-state index is 0.305. The summed E-state index contributed by atoms with van der Waals surface area (Å²) in [7, 11) is 0. The Bertz CT molecular complexity index is 641. The van der Waals surface area contributed by atoms with Crippen LogP contribution in [-0.4, -0.2) is 21.0 Å². The van der Waals surface area contributed by atoms with Crippen molar-refractivity contribution < 1.29 is 9.90 Å². The van der Waals surface area contributed by atoms with Gasteiger partial charge in [0.1, 0.15) is 11.4 Å². The third-order valence-electron chi connectivity index (χ3n) is 3.40. The van der Waals surface area contributed by atoms with E-state index in [-0.39, 0.29) is 0 Å². The summed E-state index contributed by atoms with van der Waals surface area (Å²) in [5, 5.41) is 9.89. The number of carboxylic acid groups (broad SMARTS) is 1. The van der Waals surface area contributed by atoms with Crippen LogP contribution in [0, 0.1) is 0 Å². The highest BCUT2D eigenvalue weighted by molar-refractivity contribution is 7.99. The Morgan fingerprint density at radius 1 is 1.10 bits per heavy atom. The SMILES string of the molecule is O=C(O)c1ccc(Sc2ncnc3c2CCCC3)cc1. The first kappa shape index (κ1) is 13.1. The Morgan fingerprint density at radius 3 is 2.60 bits per heavy atom. The lowest BCUT2D eigenvalue weighted by molar-refractivity contribution is 0.0697. The zero-order chi connectivity index (χ0) is 13.9. The standard InChI is InChI=1S/C15H14N2O2S/c18-15(19)10-5-7-11(8-6-10)20-14-12-3-1-2-4-13(12)16-9-17-14/h5-9H,1-4H2,(H,18,19). The summed E-state index contributed by atoms with van der Waals surface area (Å²) in [6, 6.07) is 6.90. The van der Waals surface area contributed by atoms with Gasteiger partial charge in [0.15, 0.2) is 0 Å². The Kier molecular flexibility index (Phi) is 3.69. The van der Waals surface area contributed by atoms with Crippen molar-refractivity contribution in [2.45, 2.75) is 35.6 Å². The van der Waals surface area contributed by atoms with E-state index in [0.717, 1.165) is 28.5 Å². The van der Waals surface area contributed by atoms with Crippen molar-refractivity contribution in [2.24, 2.45) is 0 Å². The maximum absolute atomic E-state index is 10.8. The molecule has 0 saturated heterocycles. The number of hydrogen-bond acceptors (Lipinski definition) is 4. The van der Waals surface area contributed by atoms with Gasteiger partial charge in [0, 0.05) is 16.2 Å². The first-order valence-electron chi connectivity index (χ1n) is 6.58. The molecule has 2 aromatic rings. The van der Waals surface area contributed by atoms with Crippen molar-refractivity contribution in [3.8, 4) is 0 Å². The van der Waals surface area contributed by atoms with Crippen molar-refractivity contribution in [2.75, 3.05) is 0 Å². The van der Waals surface area contributed by atoms with E-state index in [9.17, 15) is 4.79 Å². The smallest absolute Gasteiger partial charge is 0.335 e. The Labute approximate surface area is 121 Å². The summed E-state index contributed by atoms with van der Waals surface area (Å²) in [6.07, 6.45) is 6.07. The average molecular weight is 286 g/mol. The molecule has 20 heavy (non-hydrogen) atoms. The zero-order valence-corrected chi connectivity index (χ0v) is 11.7. The number of aromatic nitrogens is 2. The van der Waals surface area contributed by atoms with Gasteiger partial charge >= 0.3 is 5.97 Å². The van der Waals surface area contributed by atoms with Crippen LogP contribution in [0.15, 0.2) is 40.5 Å². The van der Waals surface area contributed by atoms with Crippen LogP contribution in [0.1, 0.15) is 34.5 Å². The monoisotopic (exact) mass is 286 g/mol. The molecular formula is C15H14N2O2S. The lowest BCUT2D eigenvalue weighted by Gasteiger charge is -2.16. The Morgan fingerprint density at radius 2 is 1.85 bits per heavy atom. The van der Waals surface area contributed by atoms with Gasteiger partial charge in [-0.3, -0.25) is 0 Å². The predicted molar refractivity (Wildman–Crippen MR) is 76.2 cm³/mol. The molecule has 0 amide bonds. The van der Waals surface area contributed by atoms with Gasteiger partial charge in [-0.15, -0.1) is 0 Å². The number of rotatable bonds is 3. The van der Waals surface area contributed by atoms with E-state index in [1.54, 1.807) is 30.2 Å². The van der Waals surface area contributed by atoms with Crippen molar-refractivity contribution >= 4 is 17.7 Å². The van der Waals surface area contributed by atoms with Gasteiger partial charge in [0.2, 0.25) is 0 Å². The van der Waals surface area contributed by atoms with Crippen molar-refractivity contribution in [1.29, 1.82) is 0 Å². The van der Waals surface area contributed by atoms with Gasteiger partial charge in [0.05, 0.1) is 5.56 Å². The van der Waals surface area contributed by atoms with Crippen LogP contribution >= 0.6 is 11.8 Å². The van der Waals surface area contributed by atoms with Crippen LogP contribution in [0.25, 0.3) is 0 Å². The fraction of sp³-hybridized carbons (Fsp3) is 0.267. The third-order valence-corrected chi connectivity index (χ3v) is 4.45. The predicted octanol–water partition coefficient (Wildman–Crippen LogP) is 3.20. The van der Waals surface area contributed by atoms with Crippen LogP contribution in [0.2, 0.25) is 0 Å². The molecule has 0 saturated carbocycles. The Balaban J connectivity index is 1.86. The number of nitrogens with zero attached hydrogens (tertiary/aromatic N) is 2. The molecule has 4 nitrogen and oxygen atoms in total. The number of carbonyl (C=O) groups is 1. The molecule has 0 aliphatic heterocycles. The molecular weight excluding hydrogens is 272 g/mol. The molecule has 1 aliphatic carbocycles. The lowest BCUT2D eigenvalue weighted by atomic mass is 9.98. The van der Waals surface area contributed by atoms with Crippen LogP contribution in [0.5, 0.6) is 0 Å². The second-order valence-corrected chi connectivity index (χ2v) is 5.80. The van der Waals surface area contributed by atoms with E-state index >= 15 is 0 Å². The van der Waals surface area contributed by atoms with Crippen LogP contribution in [0.3, 0.4) is 0 Å². The molecule has 0 unspecified atom stereocenters. The number of carboxylic acids is 1. The van der Waals surface area contributed by atoms with E-state index in [1.165, 1.54) is 18.4 Å². The maximum Gasteiger partial charge on any atom is 0.335 e. The van der Waals surface area contributed by atoms with Crippen molar-refractivity contribution in [3.05, 3.63) is 47.4 Å². The average Bonchev–Trinajstić information content (AvgIpc) is 2.48. The maximum atomic E-state index is 10.8. The first-order valence-corrected chi connectivity index (χ1v) is 7.39. The molecule has 1 aromatic heterocycles. The molecule has 0 fully saturated rings. The highest BCUT2D eigenvalue weighted by Gasteiger charge is 2.16. The van der Waals surface area contributed by atoms with E-state index in [0.29, 0.717) is 5.56 Å². The van der Waals surface area contributed by atoms with Crippen LogP contribution in [-0.2, 0) is 12.8 Å². The molecule has 0 spiro atoms. The zero-order valence-electron chi connectivity index (χ0n) is 10.9. The lowest BCUT2D eigenvalue weighted by Crippen LogP contribution is -2.07. The summed E-state index contributed by atoms with van der Waals surface area (Å²) in [5.74, 6) is -0.902. The first-order chi connectivity index (χ1) is 9.74.